The fourth-order valence-corrected chi connectivity index (χ4v) is 3.90. The van der Waals surface area contributed by atoms with Crippen LogP contribution in [0.5, 0.6) is 0 Å². The minimum absolute atomic E-state index is 0.0366. The maximum Gasteiger partial charge on any atom is 0.287 e. The molecular formula is C24H24N4O5. The first-order valence-electron chi connectivity index (χ1n) is 10.7. The number of nitro benzene ring substituents is 1. The summed E-state index contributed by atoms with van der Waals surface area (Å²) in [7, 11) is 0. The van der Waals surface area contributed by atoms with Crippen molar-refractivity contribution >= 4 is 23.2 Å². The summed E-state index contributed by atoms with van der Waals surface area (Å²) in [6.07, 6.45) is 1.77. The number of carbonyl (C=O) groups excluding carboxylic acids is 2. The van der Waals surface area contributed by atoms with E-state index in [0.717, 1.165) is 11.3 Å². The van der Waals surface area contributed by atoms with E-state index in [1.165, 1.54) is 12.3 Å². The number of amides is 2. The molecule has 1 atom stereocenters. The highest BCUT2D eigenvalue weighted by Gasteiger charge is 2.30. The zero-order chi connectivity index (χ0) is 23.2. The number of furan rings is 1. The van der Waals surface area contributed by atoms with Gasteiger partial charge in [-0.2, -0.15) is 0 Å². The molecule has 2 amide bonds. The van der Waals surface area contributed by atoms with Crippen molar-refractivity contribution in [3.63, 3.8) is 0 Å². The van der Waals surface area contributed by atoms with Gasteiger partial charge in [-0.3, -0.25) is 19.7 Å². The van der Waals surface area contributed by atoms with E-state index in [0.29, 0.717) is 32.6 Å². The highest BCUT2D eigenvalue weighted by molar-refractivity contribution is 5.95. The van der Waals surface area contributed by atoms with Gasteiger partial charge in [0, 0.05) is 50.4 Å². The predicted molar refractivity (Wildman–Crippen MR) is 122 cm³/mol. The van der Waals surface area contributed by atoms with E-state index in [-0.39, 0.29) is 17.4 Å². The lowest BCUT2D eigenvalue weighted by Gasteiger charge is -2.37. The SMILES string of the molecule is O=C(NC(Cc1ccccc1)C(=O)N1CCN(c2cccc([N+](=O)[O-])c2)CC1)c1ccco1. The highest BCUT2D eigenvalue weighted by atomic mass is 16.6. The number of piperazine rings is 1. The van der Waals surface area contributed by atoms with Crippen LogP contribution in [0.15, 0.2) is 77.4 Å². The van der Waals surface area contributed by atoms with E-state index in [2.05, 4.69) is 5.32 Å². The zero-order valence-corrected chi connectivity index (χ0v) is 17.9. The van der Waals surface area contributed by atoms with Crippen LogP contribution in [0.2, 0.25) is 0 Å². The van der Waals surface area contributed by atoms with E-state index in [4.69, 9.17) is 4.42 Å². The quantitative estimate of drug-likeness (QED) is 0.440. The van der Waals surface area contributed by atoms with E-state index >= 15 is 0 Å². The van der Waals surface area contributed by atoms with Gasteiger partial charge in [0.05, 0.1) is 11.2 Å². The Morgan fingerprint density at radius 3 is 2.42 bits per heavy atom. The van der Waals surface area contributed by atoms with Crippen molar-refractivity contribution in [1.29, 1.82) is 0 Å². The molecule has 1 saturated heterocycles. The number of rotatable bonds is 7. The molecule has 0 spiro atoms. The van der Waals surface area contributed by atoms with Crippen LogP contribution >= 0.6 is 0 Å². The number of nitro groups is 1. The summed E-state index contributed by atoms with van der Waals surface area (Å²) in [4.78, 5) is 40.3. The summed E-state index contributed by atoms with van der Waals surface area (Å²) in [5.74, 6) is -0.460. The summed E-state index contributed by atoms with van der Waals surface area (Å²) in [6, 6.07) is 18.4. The van der Waals surface area contributed by atoms with Crippen molar-refractivity contribution in [1.82, 2.24) is 10.2 Å². The predicted octanol–water partition coefficient (Wildman–Crippen LogP) is 2.88. The van der Waals surface area contributed by atoms with Crippen LogP contribution in [0.1, 0.15) is 16.1 Å². The van der Waals surface area contributed by atoms with E-state index in [1.807, 2.05) is 41.3 Å². The zero-order valence-electron chi connectivity index (χ0n) is 17.9. The van der Waals surface area contributed by atoms with Crippen LogP contribution in [0.4, 0.5) is 11.4 Å². The second-order valence-corrected chi connectivity index (χ2v) is 7.78. The van der Waals surface area contributed by atoms with E-state index in [1.54, 1.807) is 29.2 Å². The molecule has 0 saturated carbocycles. The maximum absolute atomic E-state index is 13.4. The first kappa shape index (κ1) is 22.1. The molecule has 1 unspecified atom stereocenters. The molecule has 2 aromatic carbocycles. The van der Waals surface area contributed by atoms with Crippen LogP contribution in [0.25, 0.3) is 0 Å². The fraction of sp³-hybridized carbons (Fsp3) is 0.250. The first-order valence-corrected chi connectivity index (χ1v) is 10.7. The Hall–Kier alpha value is -4.14. The first-order chi connectivity index (χ1) is 16.0. The lowest BCUT2D eigenvalue weighted by atomic mass is 10.0. The van der Waals surface area contributed by atoms with Gasteiger partial charge in [-0.05, 0) is 23.8 Å². The maximum atomic E-state index is 13.4. The molecule has 4 rings (SSSR count). The third kappa shape index (κ3) is 5.38. The molecule has 3 aromatic rings. The molecule has 1 N–H and O–H groups in total. The van der Waals surface area contributed by atoms with Crippen molar-refractivity contribution in [3.05, 3.63) is 94.4 Å². The third-order valence-corrected chi connectivity index (χ3v) is 5.63. The molecule has 1 aromatic heterocycles. The summed E-state index contributed by atoms with van der Waals surface area (Å²) in [5.41, 5.74) is 1.73. The fourth-order valence-electron chi connectivity index (χ4n) is 3.90. The highest BCUT2D eigenvalue weighted by Crippen LogP contribution is 2.22. The van der Waals surface area contributed by atoms with Gasteiger partial charge in [-0.1, -0.05) is 36.4 Å². The number of nitrogens with one attached hydrogen (secondary N) is 1. The standard InChI is InChI=1S/C24H24N4O5/c29-23(22-10-5-15-33-22)25-21(16-18-6-2-1-3-7-18)24(30)27-13-11-26(12-14-27)19-8-4-9-20(17-19)28(31)32/h1-10,15,17,21H,11-14,16H2,(H,25,29). The van der Waals surface area contributed by atoms with Crippen molar-refractivity contribution in [2.75, 3.05) is 31.1 Å². The molecule has 1 fully saturated rings. The molecule has 1 aliphatic heterocycles. The molecule has 170 valence electrons. The second kappa shape index (κ2) is 9.99. The molecule has 2 heterocycles. The van der Waals surface area contributed by atoms with Crippen molar-refractivity contribution < 1.29 is 18.9 Å². The lowest BCUT2D eigenvalue weighted by molar-refractivity contribution is -0.384. The summed E-state index contributed by atoms with van der Waals surface area (Å²) >= 11 is 0. The Labute approximate surface area is 190 Å². The topological polar surface area (TPSA) is 109 Å². The summed E-state index contributed by atoms with van der Waals surface area (Å²) in [6.45, 7) is 1.97. The van der Waals surface area contributed by atoms with Crippen LogP contribution < -0.4 is 10.2 Å². The number of anilines is 1. The van der Waals surface area contributed by atoms with Gasteiger partial charge in [-0.15, -0.1) is 0 Å². The van der Waals surface area contributed by atoms with E-state index < -0.39 is 16.9 Å². The number of nitrogens with zero attached hydrogens (tertiary/aromatic N) is 3. The van der Waals surface area contributed by atoms with E-state index in [9.17, 15) is 19.7 Å². The molecule has 0 radical (unpaired) electrons. The Balaban J connectivity index is 1.44. The normalized spacial score (nSPS) is 14.5. The minimum atomic E-state index is -0.741. The average Bonchev–Trinajstić information content (AvgIpc) is 3.39. The summed E-state index contributed by atoms with van der Waals surface area (Å²) in [5, 5.41) is 13.9. The van der Waals surface area contributed by atoms with Gasteiger partial charge in [0.15, 0.2) is 5.76 Å². The molecule has 0 aliphatic carbocycles. The van der Waals surface area contributed by atoms with Crippen molar-refractivity contribution in [2.24, 2.45) is 0 Å². The van der Waals surface area contributed by atoms with Crippen LogP contribution in [-0.2, 0) is 11.2 Å². The molecule has 9 heteroatoms. The number of benzene rings is 2. The lowest BCUT2D eigenvalue weighted by Crippen LogP contribution is -2.55. The number of hydrogen-bond acceptors (Lipinski definition) is 6. The Morgan fingerprint density at radius 2 is 1.76 bits per heavy atom. The Morgan fingerprint density at radius 1 is 1.00 bits per heavy atom. The van der Waals surface area contributed by atoms with Gasteiger partial charge < -0.3 is 19.5 Å². The molecular weight excluding hydrogens is 424 g/mol. The van der Waals surface area contributed by atoms with Gasteiger partial charge in [0.25, 0.3) is 11.6 Å². The van der Waals surface area contributed by atoms with Gasteiger partial charge in [0.2, 0.25) is 5.91 Å². The van der Waals surface area contributed by atoms with Crippen LogP contribution in [0.3, 0.4) is 0 Å². The molecule has 9 nitrogen and oxygen atoms in total. The number of carbonyl (C=O) groups is 2. The average molecular weight is 448 g/mol. The van der Waals surface area contributed by atoms with Crippen molar-refractivity contribution in [2.45, 2.75) is 12.5 Å². The summed E-state index contributed by atoms with van der Waals surface area (Å²) < 4.78 is 5.17. The van der Waals surface area contributed by atoms with Gasteiger partial charge in [-0.25, -0.2) is 0 Å². The molecule has 33 heavy (non-hydrogen) atoms. The third-order valence-electron chi connectivity index (χ3n) is 5.63. The Bertz CT molecular complexity index is 1110. The van der Waals surface area contributed by atoms with Gasteiger partial charge >= 0.3 is 0 Å². The monoisotopic (exact) mass is 448 g/mol. The second-order valence-electron chi connectivity index (χ2n) is 7.78. The molecule has 0 bridgehead atoms. The van der Waals surface area contributed by atoms with Crippen LogP contribution in [0, 0.1) is 10.1 Å². The molecule has 1 aliphatic rings. The smallest absolute Gasteiger partial charge is 0.287 e. The number of non-ortho nitro benzene ring substituents is 1. The van der Waals surface area contributed by atoms with Gasteiger partial charge in [0.1, 0.15) is 6.04 Å². The minimum Gasteiger partial charge on any atom is -0.459 e. The number of hydrogen-bond donors (Lipinski definition) is 1. The van der Waals surface area contributed by atoms with Crippen molar-refractivity contribution in [3.8, 4) is 0 Å². The Kier molecular flexibility index (Phi) is 6.68. The largest absolute Gasteiger partial charge is 0.459 e. The van der Waals surface area contributed by atoms with Crippen LogP contribution in [-0.4, -0.2) is 53.9 Å².